The maximum Gasteiger partial charge on any atom is 0.269 e. The highest BCUT2D eigenvalue weighted by molar-refractivity contribution is 9.10. The number of hydrogen-bond donors (Lipinski definition) is 2. The number of halogens is 2. The van der Waals surface area contributed by atoms with Gasteiger partial charge in [0.2, 0.25) is 0 Å². The van der Waals surface area contributed by atoms with E-state index in [2.05, 4.69) is 26.6 Å². The van der Waals surface area contributed by atoms with Crippen LogP contribution in [0.2, 0.25) is 5.02 Å². The fourth-order valence-electron chi connectivity index (χ4n) is 3.01. The summed E-state index contributed by atoms with van der Waals surface area (Å²) in [7, 11) is 1.61. The van der Waals surface area contributed by atoms with Crippen LogP contribution >= 0.6 is 27.5 Å². The zero-order chi connectivity index (χ0) is 22.9. The van der Waals surface area contributed by atoms with Gasteiger partial charge in [0.05, 0.1) is 16.5 Å². The van der Waals surface area contributed by atoms with Crippen LogP contribution in [-0.4, -0.2) is 25.1 Å². The van der Waals surface area contributed by atoms with Crippen LogP contribution in [0.4, 0.5) is 11.4 Å². The molecule has 0 aromatic heterocycles. The summed E-state index contributed by atoms with van der Waals surface area (Å²) in [6.07, 6.45) is 0. The minimum absolute atomic E-state index is 0.0764. The third-order valence-corrected chi connectivity index (χ3v) is 5.61. The zero-order valence-corrected chi connectivity index (χ0v) is 19.8. The molecule has 168 valence electrons. The number of rotatable bonds is 11. The van der Waals surface area contributed by atoms with Gasteiger partial charge in [0, 0.05) is 48.0 Å². The molecule has 0 saturated heterocycles. The van der Waals surface area contributed by atoms with Crippen molar-refractivity contribution in [2.75, 3.05) is 25.5 Å². The van der Waals surface area contributed by atoms with E-state index in [1.165, 1.54) is 12.1 Å². The zero-order valence-electron chi connectivity index (χ0n) is 17.4. The van der Waals surface area contributed by atoms with Crippen molar-refractivity contribution in [3.8, 4) is 11.5 Å². The van der Waals surface area contributed by atoms with Crippen molar-refractivity contribution >= 4 is 38.9 Å². The van der Waals surface area contributed by atoms with Gasteiger partial charge in [-0.05, 0) is 51.8 Å². The third kappa shape index (κ3) is 6.59. The molecule has 2 N–H and O–H groups in total. The summed E-state index contributed by atoms with van der Waals surface area (Å²) in [4.78, 5) is 10.3. The van der Waals surface area contributed by atoms with Gasteiger partial charge in [0.25, 0.3) is 5.69 Å². The van der Waals surface area contributed by atoms with Gasteiger partial charge < -0.3 is 20.1 Å². The van der Waals surface area contributed by atoms with Gasteiger partial charge in [-0.3, -0.25) is 10.1 Å². The molecule has 0 aliphatic rings. The number of ether oxygens (including phenoxy) is 2. The van der Waals surface area contributed by atoms with E-state index in [1.54, 1.807) is 19.2 Å². The van der Waals surface area contributed by atoms with Crippen molar-refractivity contribution in [2.24, 2.45) is 0 Å². The molecule has 0 saturated carbocycles. The Kier molecular flexibility index (Phi) is 8.72. The van der Waals surface area contributed by atoms with Crippen LogP contribution in [0, 0.1) is 10.1 Å². The Bertz CT molecular complexity index is 1060. The predicted molar refractivity (Wildman–Crippen MR) is 130 cm³/mol. The molecule has 0 atom stereocenters. The summed E-state index contributed by atoms with van der Waals surface area (Å²) in [6.45, 7) is 2.36. The first-order chi connectivity index (χ1) is 15.5. The Morgan fingerprint density at radius 1 is 1.09 bits per heavy atom. The van der Waals surface area contributed by atoms with E-state index in [0.29, 0.717) is 42.8 Å². The van der Waals surface area contributed by atoms with Crippen molar-refractivity contribution in [2.45, 2.75) is 13.2 Å². The van der Waals surface area contributed by atoms with Crippen molar-refractivity contribution < 1.29 is 14.4 Å². The normalized spacial score (nSPS) is 10.6. The molecule has 9 heteroatoms. The highest BCUT2D eigenvalue weighted by Crippen LogP contribution is 2.37. The van der Waals surface area contributed by atoms with Crippen LogP contribution < -0.4 is 20.1 Å². The fourth-order valence-corrected chi connectivity index (χ4v) is 3.80. The number of nitrogens with one attached hydrogen (secondary N) is 2. The molecule has 0 heterocycles. The maximum atomic E-state index is 10.7. The molecule has 7 nitrogen and oxygen atoms in total. The second-order valence-corrected chi connectivity index (χ2v) is 8.16. The molecular weight excluding hydrogens is 498 g/mol. The molecule has 0 fully saturated rings. The average Bonchev–Trinajstić information content (AvgIpc) is 2.79. The minimum Gasteiger partial charge on any atom is -0.493 e. The lowest BCUT2D eigenvalue weighted by molar-refractivity contribution is -0.384. The lowest BCUT2D eigenvalue weighted by Crippen LogP contribution is -2.21. The summed E-state index contributed by atoms with van der Waals surface area (Å²) in [5.41, 5.74) is 2.85. The van der Waals surface area contributed by atoms with Gasteiger partial charge >= 0.3 is 0 Å². The van der Waals surface area contributed by atoms with E-state index in [1.807, 2.05) is 36.4 Å². The molecule has 0 aliphatic heterocycles. The number of hydrogen-bond acceptors (Lipinski definition) is 6. The molecule has 0 amide bonds. The third-order valence-electron chi connectivity index (χ3n) is 4.66. The summed E-state index contributed by atoms with van der Waals surface area (Å²) in [5.74, 6) is 1.25. The predicted octanol–water partition coefficient (Wildman–Crippen LogP) is 5.80. The summed E-state index contributed by atoms with van der Waals surface area (Å²) in [6, 6.07) is 17.8. The Hall–Kier alpha value is -2.81. The molecule has 0 aliphatic carbocycles. The largest absolute Gasteiger partial charge is 0.493 e. The van der Waals surface area contributed by atoms with Crippen molar-refractivity contribution in [3.63, 3.8) is 0 Å². The van der Waals surface area contributed by atoms with Gasteiger partial charge in [-0.1, -0.05) is 29.8 Å². The standard InChI is InChI=1S/C23H23BrClN3O4/c1-31-22-13-16(12-20(24)23(22)32-15-17-4-2-3-5-21(17)25)14-26-10-11-27-18-6-8-19(9-7-18)28(29)30/h2-9,12-13,26-27H,10-11,14-15H2,1H3. The Labute approximate surface area is 200 Å². The van der Waals surface area contributed by atoms with E-state index >= 15 is 0 Å². The maximum absolute atomic E-state index is 10.7. The topological polar surface area (TPSA) is 85.7 Å². The van der Waals surface area contributed by atoms with Crippen LogP contribution in [0.15, 0.2) is 65.1 Å². The van der Waals surface area contributed by atoms with Crippen LogP contribution in [0.1, 0.15) is 11.1 Å². The lowest BCUT2D eigenvalue weighted by Gasteiger charge is -2.15. The van der Waals surface area contributed by atoms with E-state index < -0.39 is 4.92 Å². The van der Waals surface area contributed by atoms with Gasteiger partial charge in [-0.15, -0.1) is 0 Å². The van der Waals surface area contributed by atoms with E-state index in [0.717, 1.165) is 21.3 Å². The fraction of sp³-hybridized carbons (Fsp3) is 0.217. The smallest absolute Gasteiger partial charge is 0.269 e. The Morgan fingerprint density at radius 3 is 2.53 bits per heavy atom. The second kappa shape index (κ2) is 11.7. The molecule has 3 aromatic carbocycles. The summed E-state index contributed by atoms with van der Waals surface area (Å²) < 4.78 is 12.3. The minimum atomic E-state index is -0.412. The summed E-state index contributed by atoms with van der Waals surface area (Å²) in [5, 5.41) is 17.9. The SMILES string of the molecule is COc1cc(CNCCNc2ccc([N+](=O)[O-])cc2)cc(Br)c1OCc1ccccc1Cl. The first-order valence-electron chi connectivity index (χ1n) is 9.89. The number of benzene rings is 3. The number of anilines is 1. The van der Waals surface area contributed by atoms with Crippen LogP contribution in [0.25, 0.3) is 0 Å². The van der Waals surface area contributed by atoms with Gasteiger partial charge in [0.15, 0.2) is 11.5 Å². The van der Waals surface area contributed by atoms with Gasteiger partial charge in [0.1, 0.15) is 6.61 Å². The van der Waals surface area contributed by atoms with E-state index in [9.17, 15) is 10.1 Å². The quantitative estimate of drug-likeness (QED) is 0.189. The summed E-state index contributed by atoms with van der Waals surface area (Å²) >= 11 is 9.78. The molecule has 3 rings (SSSR count). The van der Waals surface area contributed by atoms with Gasteiger partial charge in [-0.2, -0.15) is 0 Å². The van der Waals surface area contributed by atoms with E-state index in [4.69, 9.17) is 21.1 Å². The van der Waals surface area contributed by atoms with Crippen molar-refractivity contribution in [3.05, 3.63) is 91.4 Å². The number of non-ortho nitro benzene ring substituents is 1. The molecule has 0 unspecified atom stereocenters. The van der Waals surface area contributed by atoms with Crippen LogP contribution in [0.5, 0.6) is 11.5 Å². The Balaban J connectivity index is 1.50. The molecule has 32 heavy (non-hydrogen) atoms. The number of methoxy groups -OCH3 is 1. The Morgan fingerprint density at radius 2 is 1.84 bits per heavy atom. The highest BCUT2D eigenvalue weighted by Gasteiger charge is 2.13. The highest BCUT2D eigenvalue weighted by atomic mass is 79.9. The monoisotopic (exact) mass is 519 g/mol. The van der Waals surface area contributed by atoms with Crippen LogP contribution in [0.3, 0.4) is 0 Å². The number of nitro benzene ring substituents is 1. The van der Waals surface area contributed by atoms with Gasteiger partial charge in [-0.25, -0.2) is 0 Å². The van der Waals surface area contributed by atoms with Crippen molar-refractivity contribution in [1.82, 2.24) is 5.32 Å². The van der Waals surface area contributed by atoms with Crippen molar-refractivity contribution in [1.29, 1.82) is 0 Å². The first-order valence-corrected chi connectivity index (χ1v) is 11.1. The number of nitrogens with zero attached hydrogens (tertiary/aromatic N) is 1. The lowest BCUT2D eigenvalue weighted by atomic mass is 10.2. The average molecular weight is 521 g/mol. The molecular formula is C23H23BrClN3O4. The molecule has 0 radical (unpaired) electrons. The molecule has 0 bridgehead atoms. The first kappa shape index (κ1) is 23.8. The molecule has 3 aromatic rings. The van der Waals surface area contributed by atoms with E-state index in [-0.39, 0.29) is 5.69 Å². The molecule has 0 spiro atoms. The van der Waals surface area contributed by atoms with Crippen LogP contribution in [-0.2, 0) is 13.2 Å². The number of nitro groups is 1. The second-order valence-electron chi connectivity index (χ2n) is 6.90.